The van der Waals surface area contributed by atoms with Crippen LogP contribution in [0, 0.1) is 12.3 Å². The molecule has 0 aliphatic heterocycles. The van der Waals surface area contributed by atoms with Gasteiger partial charge in [-0.1, -0.05) is 69.4 Å². The van der Waals surface area contributed by atoms with E-state index in [1.165, 1.54) is 0 Å². The van der Waals surface area contributed by atoms with Crippen LogP contribution in [0.3, 0.4) is 0 Å². The van der Waals surface area contributed by atoms with Gasteiger partial charge in [0.2, 0.25) is 0 Å². The molecule has 0 spiro atoms. The average molecular weight is 405 g/mol. The molecule has 2 aromatic carbocycles. The Morgan fingerprint density at radius 3 is 1.96 bits per heavy atom. The van der Waals surface area contributed by atoms with Gasteiger partial charge in [-0.3, -0.25) is 0 Å². The number of sulfone groups is 1. The van der Waals surface area contributed by atoms with Gasteiger partial charge in [0.25, 0.3) is 0 Å². The Morgan fingerprint density at radius 2 is 1.46 bits per heavy atom. The largest absolute Gasteiger partial charge is 0.223 e. The summed E-state index contributed by atoms with van der Waals surface area (Å²) in [5.74, 6) is 0. The Balaban J connectivity index is 2.10. The first-order valence-electron chi connectivity index (χ1n) is 8.99. The van der Waals surface area contributed by atoms with E-state index in [0.29, 0.717) is 4.90 Å². The Bertz CT molecular complexity index is 897. The molecule has 0 heterocycles. The second-order valence-electron chi connectivity index (χ2n) is 8.86. The topological polar surface area (TPSA) is 34.1 Å². The van der Waals surface area contributed by atoms with Gasteiger partial charge in [-0.05, 0) is 36.6 Å². The van der Waals surface area contributed by atoms with E-state index < -0.39 is 17.9 Å². The summed E-state index contributed by atoms with van der Waals surface area (Å²) in [5.41, 5.74) is 0.816. The van der Waals surface area contributed by atoms with E-state index in [1.807, 2.05) is 37.3 Å². The van der Waals surface area contributed by atoms with E-state index in [9.17, 15) is 8.42 Å². The van der Waals surface area contributed by atoms with Gasteiger partial charge in [0.15, 0.2) is 9.84 Å². The smallest absolute Gasteiger partial charge is 0.182 e. The molecule has 0 bridgehead atoms. The number of benzene rings is 2. The van der Waals surface area contributed by atoms with E-state index in [4.69, 9.17) is 0 Å². The number of hydrogen-bond donors (Lipinski definition) is 0. The SMILES string of the molecule is Cc1ccc(S(=O)(=O)[C@@H]2C(C)(C)[C@@]2(Sc2ccccc2)[Si](C)(C)C)cc1. The summed E-state index contributed by atoms with van der Waals surface area (Å²) >= 11 is 1.79. The molecule has 0 N–H and O–H groups in total. The molecular formula is C21H28O2S2Si. The van der Waals surface area contributed by atoms with Crippen molar-refractivity contribution in [1.82, 2.24) is 0 Å². The highest BCUT2D eigenvalue weighted by molar-refractivity contribution is 8.05. The van der Waals surface area contributed by atoms with Crippen LogP contribution >= 0.6 is 11.8 Å². The van der Waals surface area contributed by atoms with Gasteiger partial charge < -0.3 is 0 Å². The Morgan fingerprint density at radius 1 is 0.923 bits per heavy atom. The normalized spacial score (nSPS) is 25.1. The zero-order chi connectivity index (χ0) is 19.4. The van der Waals surface area contributed by atoms with Crippen molar-refractivity contribution < 1.29 is 8.42 Å². The minimum Gasteiger partial charge on any atom is -0.223 e. The maximum atomic E-state index is 13.6. The highest BCUT2D eigenvalue weighted by Crippen LogP contribution is 2.72. The van der Waals surface area contributed by atoms with E-state index in [-0.39, 0.29) is 15.0 Å². The molecule has 0 aromatic heterocycles. The average Bonchev–Trinajstić information content (AvgIpc) is 3.06. The first-order chi connectivity index (χ1) is 11.9. The predicted octanol–water partition coefficient (Wildman–Crippen LogP) is 5.59. The summed E-state index contributed by atoms with van der Waals surface area (Å²) < 4.78 is 26.9. The Hall–Kier alpha value is -1.04. The maximum Gasteiger partial charge on any atom is 0.182 e. The Kier molecular flexibility index (Phi) is 4.74. The number of aryl methyl sites for hydroxylation is 1. The van der Waals surface area contributed by atoms with Crippen LogP contribution in [-0.4, -0.2) is 26.1 Å². The predicted molar refractivity (Wildman–Crippen MR) is 114 cm³/mol. The summed E-state index contributed by atoms with van der Waals surface area (Å²) in [6, 6.07) is 17.6. The van der Waals surface area contributed by atoms with Crippen molar-refractivity contribution in [3.8, 4) is 0 Å². The fourth-order valence-corrected chi connectivity index (χ4v) is 15.3. The summed E-state index contributed by atoms with van der Waals surface area (Å²) in [6.07, 6.45) is 0. The molecule has 5 heteroatoms. The molecule has 0 saturated heterocycles. The molecule has 1 saturated carbocycles. The van der Waals surface area contributed by atoms with Crippen LogP contribution in [0.4, 0.5) is 0 Å². The molecule has 0 radical (unpaired) electrons. The minimum absolute atomic E-state index is 0.245. The summed E-state index contributed by atoms with van der Waals surface area (Å²) in [6.45, 7) is 13.2. The molecule has 1 aliphatic rings. The first kappa shape index (κ1) is 19.7. The molecule has 1 fully saturated rings. The van der Waals surface area contributed by atoms with Gasteiger partial charge in [0.1, 0.15) is 0 Å². The van der Waals surface area contributed by atoms with Gasteiger partial charge in [-0.25, -0.2) is 8.42 Å². The van der Waals surface area contributed by atoms with Gasteiger partial charge in [0.05, 0.1) is 18.2 Å². The summed E-state index contributed by atoms with van der Waals surface area (Å²) in [5, 5.41) is -0.359. The minimum atomic E-state index is -3.39. The second kappa shape index (κ2) is 6.25. The van der Waals surface area contributed by atoms with Crippen molar-refractivity contribution in [3.63, 3.8) is 0 Å². The molecule has 0 amide bonds. The van der Waals surface area contributed by atoms with Crippen LogP contribution < -0.4 is 0 Å². The van der Waals surface area contributed by atoms with E-state index in [0.717, 1.165) is 10.5 Å². The zero-order valence-electron chi connectivity index (χ0n) is 16.4. The first-order valence-corrected chi connectivity index (χ1v) is 14.9. The number of thioether (sulfide) groups is 1. The van der Waals surface area contributed by atoms with Crippen LogP contribution in [0.15, 0.2) is 64.4 Å². The lowest BCUT2D eigenvalue weighted by atomic mass is 10.2. The van der Waals surface area contributed by atoms with Crippen LogP contribution in [-0.2, 0) is 9.84 Å². The molecule has 2 nitrogen and oxygen atoms in total. The van der Waals surface area contributed by atoms with Crippen LogP contribution in [0.5, 0.6) is 0 Å². The monoisotopic (exact) mass is 404 g/mol. The maximum absolute atomic E-state index is 13.6. The molecule has 1 aliphatic carbocycles. The van der Waals surface area contributed by atoms with E-state index in [1.54, 1.807) is 23.9 Å². The third-order valence-electron chi connectivity index (χ3n) is 5.69. The van der Waals surface area contributed by atoms with Gasteiger partial charge >= 0.3 is 0 Å². The molecular weight excluding hydrogens is 376 g/mol. The fourth-order valence-electron chi connectivity index (χ4n) is 4.52. The van der Waals surface area contributed by atoms with Crippen molar-refractivity contribution in [2.45, 2.75) is 59.8 Å². The van der Waals surface area contributed by atoms with Gasteiger partial charge in [-0.15, -0.1) is 11.8 Å². The van der Waals surface area contributed by atoms with Crippen LogP contribution in [0.1, 0.15) is 19.4 Å². The molecule has 2 atom stereocenters. The highest BCUT2D eigenvalue weighted by atomic mass is 32.2. The van der Waals surface area contributed by atoms with Crippen molar-refractivity contribution in [1.29, 1.82) is 0 Å². The second-order valence-corrected chi connectivity index (χ2v) is 17.9. The molecule has 0 unspecified atom stereocenters. The lowest BCUT2D eigenvalue weighted by molar-refractivity contribution is 0.578. The van der Waals surface area contributed by atoms with Crippen molar-refractivity contribution >= 4 is 29.7 Å². The quantitative estimate of drug-likeness (QED) is 0.610. The van der Waals surface area contributed by atoms with Crippen LogP contribution in [0.2, 0.25) is 19.6 Å². The third kappa shape index (κ3) is 2.88. The zero-order valence-corrected chi connectivity index (χ0v) is 19.0. The fraction of sp³-hybridized carbons (Fsp3) is 0.429. The molecule has 26 heavy (non-hydrogen) atoms. The molecule has 140 valence electrons. The van der Waals surface area contributed by atoms with Crippen molar-refractivity contribution in [2.24, 2.45) is 5.41 Å². The molecule has 3 rings (SSSR count). The summed E-state index contributed by atoms with van der Waals surface area (Å²) in [7, 11) is -5.21. The lowest BCUT2D eigenvalue weighted by Gasteiger charge is -2.32. The van der Waals surface area contributed by atoms with Crippen molar-refractivity contribution in [2.75, 3.05) is 0 Å². The number of rotatable bonds is 5. The third-order valence-corrected chi connectivity index (χ3v) is 15.4. The lowest BCUT2D eigenvalue weighted by Crippen LogP contribution is -2.44. The standard InChI is InChI=1S/C21H28O2S2Si/c1-16-12-14-18(15-13-16)25(22,23)19-20(2,3)21(19,26(4,5)6)24-17-10-8-7-9-11-17/h7-15,19H,1-6H3/t19-,21+/m1/s1. The summed E-state index contributed by atoms with van der Waals surface area (Å²) in [4.78, 5) is 1.61. The van der Waals surface area contributed by atoms with Crippen LogP contribution in [0.25, 0.3) is 0 Å². The molecule has 2 aromatic rings. The highest BCUT2D eigenvalue weighted by Gasteiger charge is 2.81. The van der Waals surface area contributed by atoms with Crippen molar-refractivity contribution in [3.05, 3.63) is 60.2 Å². The van der Waals surface area contributed by atoms with E-state index in [2.05, 4.69) is 45.6 Å². The van der Waals surface area contributed by atoms with Gasteiger partial charge in [0, 0.05) is 9.27 Å². The Labute approximate surface area is 163 Å². The number of hydrogen-bond acceptors (Lipinski definition) is 3. The van der Waals surface area contributed by atoms with E-state index >= 15 is 0 Å². The van der Waals surface area contributed by atoms with Gasteiger partial charge in [-0.2, -0.15) is 0 Å².